The van der Waals surface area contributed by atoms with Crippen LogP contribution in [-0.2, 0) is 14.3 Å². The van der Waals surface area contributed by atoms with Crippen LogP contribution in [0.3, 0.4) is 0 Å². The number of hydrogen-bond donors (Lipinski definition) is 3. The Balaban J connectivity index is 3.30. The second-order valence-electron chi connectivity index (χ2n) is 8.32. The van der Waals surface area contributed by atoms with Crippen LogP contribution in [0.4, 0.5) is 4.79 Å². The van der Waals surface area contributed by atoms with Gasteiger partial charge < -0.3 is 20.3 Å². The van der Waals surface area contributed by atoms with Crippen LogP contribution in [0.1, 0.15) is 57.7 Å². The fourth-order valence-electron chi connectivity index (χ4n) is 2.93. The quantitative estimate of drug-likeness (QED) is 0.210. The highest BCUT2D eigenvalue weighted by molar-refractivity contribution is 7.80. The van der Waals surface area contributed by atoms with Crippen molar-refractivity contribution in [2.24, 2.45) is 0 Å². The number of ether oxygens (including phenoxy) is 1. The molecule has 0 saturated carbocycles. The highest BCUT2D eigenvalue weighted by Crippen LogP contribution is 2.23. The van der Waals surface area contributed by atoms with Crippen LogP contribution in [0.5, 0.6) is 0 Å². The molecule has 0 fully saturated rings. The van der Waals surface area contributed by atoms with Crippen molar-refractivity contribution in [2.45, 2.75) is 58.2 Å². The number of benzene rings is 1. The number of carbonyl (C=O) groups excluding carboxylic acids is 3. The molecule has 0 heterocycles. The Labute approximate surface area is 201 Å². The van der Waals surface area contributed by atoms with Crippen LogP contribution in [0.15, 0.2) is 24.3 Å². The van der Waals surface area contributed by atoms with Gasteiger partial charge in [0, 0.05) is 17.9 Å². The van der Waals surface area contributed by atoms with Crippen molar-refractivity contribution in [3.05, 3.63) is 35.4 Å². The predicted octanol–water partition coefficient (Wildman–Crippen LogP) is 2.80. The van der Waals surface area contributed by atoms with Crippen molar-refractivity contribution in [1.82, 2.24) is 15.5 Å². The van der Waals surface area contributed by atoms with Crippen LogP contribution in [0.2, 0.25) is 0 Å². The fourth-order valence-corrected chi connectivity index (χ4v) is 3.18. The summed E-state index contributed by atoms with van der Waals surface area (Å²) in [5.41, 5.74) is 0.338. The number of alkyl carbamates (subject to hydrolysis) is 1. The monoisotopic (exact) mass is 472 g/mol. The topological polar surface area (TPSA) is 112 Å². The second-order valence-corrected chi connectivity index (χ2v) is 8.68. The average molecular weight is 473 g/mol. The molecule has 2 unspecified atom stereocenters. The summed E-state index contributed by atoms with van der Waals surface area (Å²) >= 11 is 4.18. The summed E-state index contributed by atoms with van der Waals surface area (Å²) in [4.78, 5) is 39.9. The molecule has 1 aromatic carbocycles. The van der Waals surface area contributed by atoms with Crippen LogP contribution in [0, 0.1) is 23.7 Å². The zero-order chi connectivity index (χ0) is 25.0. The predicted molar refractivity (Wildman–Crippen MR) is 129 cm³/mol. The van der Waals surface area contributed by atoms with E-state index in [0.29, 0.717) is 17.7 Å². The summed E-state index contributed by atoms with van der Waals surface area (Å²) in [6, 6.07) is 6.35. The van der Waals surface area contributed by atoms with Gasteiger partial charge in [0.25, 0.3) is 0 Å². The molecule has 0 bridgehead atoms. The molecule has 0 saturated heterocycles. The lowest BCUT2D eigenvalue weighted by Crippen LogP contribution is -2.54. The van der Waals surface area contributed by atoms with E-state index < -0.39 is 35.6 Å². The lowest BCUT2D eigenvalue weighted by Gasteiger charge is -2.32. The van der Waals surface area contributed by atoms with Crippen molar-refractivity contribution in [3.63, 3.8) is 0 Å². The molecule has 8 nitrogen and oxygen atoms in total. The lowest BCUT2D eigenvalue weighted by molar-refractivity contribution is -0.141. The van der Waals surface area contributed by atoms with E-state index in [9.17, 15) is 19.6 Å². The van der Waals surface area contributed by atoms with Gasteiger partial charge in [-0.2, -0.15) is 17.9 Å². The smallest absolute Gasteiger partial charge is 0.408 e. The molecule has 2 atom stereocenters. The summed E-state index contributed by atoms with van der Waals surface area (Å²) in [5.74, 6) is 1.38. The highest BCUT2D eigenvalue weighted by atomic mass is 32.1. The van der Waals surface area contributed by atoms with Gasteiger partial charge in [-0.3, -0.25) is 9.59 Å². The first-order valence-electron chi connectivity index (χ1n) is 10.7. The van der Waals surface area contributed by atoms with Gasteiger partial charge in [0.2, 0.25) is 11.8 Å². The normalized spacial score (nSPS) is 12.5. The molecule has 0 aliphatic carbocycles. The number of thiol groups is 1. The number of nitrogens with one attached hydrogen (secondary N) is 2. The number of unbranched alkanes of at least 4 members (excludes halogenated alkanes) is 1. The van der Waals surface area contributed by atoms with Crippen molar-refractivity contribution in [2.75, 3.05) is 18.8 Å². The largest absolute Gasteiger partial charge is 0.444 e. The van der Waals surface area contributed by atoms with Crippen molar-refractivity contribution in [3.8, 4) is 18.4 Å². The van der Waals surface area contributed by atoms with Gasteiger partial charge in [-0.25, -0.2) is 4.79 Å². The van der Waals surface area contributed by atoms with Crippen LogP contribution >= 0.6 is 12.6 Å². The van der Waals surface area contributed by atoms with Crippen molar-refractivity contribution in [1.29, 1.82) is 5.26 Å². The summed E-state index contributed by atoms with van der Waals surface area (Å²) in [6.07, 6.45) is 6.27. The number of nitrogens with zero attached hydrogens (tertiary/aromatic N) is 2. The van der Waals surface area contributed by atoms with Gasteiger partial charge in [0.05, 0.1) is 6.07 Å². The third-order valence-electron chi connectivity index (χ3n) is 4.48. The number of amides is 3. The molecule has 0 aliphatic rings. The lowest BCUT2D eigenvalue weighted by atomic mass is 10.0. The van der Waals surface area contributed by atoms with Gasteiger partial charge in [-0.05, 0) is 44.9 Å². The summed E-state index contributed by atoms with van der Waals surface area (Å²) in [7, 11) is 0. The van der Waals surface area contributed by atoms with Gasteiger partial charge in [0.1, 0.15) is 24.2 Å². The Morgan fingerprint density at radius 3 is 2.36 bits per heavy atom. The number of terminal acetylenes is 1. The third-order valence-corrected chi connectivity index (χ3v) is 4.84. The molecule has 178 valence electrons. The zero-order valence-electron chi connectivity index (χ0n) is 19.6. The molecule has 0 spiro atoms. The summed E-state index contributed by atoms with van der Waals surface area (Å²) in [6.45, 7) is 7.14. The minimum absolute atomic E-state index is 0.0553. The summed E-state index contributed by atoms with van der Waals surface area (Å²) < 4.78 is 5.23. The van der Waals surface area contributed by atoms with Crippen molar-refractivity contribution >= 4 is 30.5 Å². The highest BCUT2D eigenvalue weighted by Gasteiger charge is 2.35. The molecule has 3 amide bonds. The van der Waals surface area contributed by atoms with Gasteiger partial charge in [0.15, 0.2) is 0 Å². The Bertz CT molecular complexity index is 897. The zero-order valence-corrected chi connectivity index (χ0v) is 20.4. The van der Waals surface area contributed by atoms with E-state index in [1.807, 2.05) is 13.0 Å². The maximum Gasteiger partial charge on any atom is 0.408 e. The van der Waals surface area contributed by atoms with Gasteiger partial charge in [-0.15, -0.1) is 6.42 Å². The number of hydrogen-bond acceptors (Lipinski definition) is 6. The molecule has 9 heteroatoms. The maximum absolute atomic E-state index is 13.4. The van der Waals surface area contributed by atoms with E-state index >= 15 is 0 Å². The van der Waals surface area contributed by atoms with E-state index in [0.717, 1.165) is 17.7 Å². The molecule has 1 rings (SSSR count). The number of carbonyl (C=O) groups is 3. The standard InChI is InChI=1S/C24H32N4O4S/c1-6-8-14-26-21(29)20(18-11-9-17(7-2)10-12-18)28(15-13-25)22(30)19(16-33)27-23(31)32-24(3,4)5/h2,9-12,19-20,33H,6,8,14-16H2,1,3-5H3,(H,26,29)(H,27,31). The average Bonchev–Trinajstić information content (AvgIpc) is 2.76. The Kier molecular flexibility index (Phi) is 11.3. The first kappa shape index (κ1) is 27.9. The van der Waals surface area contributed by atoms with E-state index in [2.05, 4.69) is 29.2 Å². The SMILES string of the molecule is C#Cc1ccc(C(C(=O)NCCCC)N(CC#N)C(=O)C(CS)NC(=O)OC(C)(C)C)cc1. The minimum atomic E-state index is -1.10. The molecule has 33 heavy (non-hydrogen) atoms. The van der Waals surface area contributed by atoms with E-state index in [1.54, 1.807) is 45.0 Å². The Hall–Kier alpha value is -3.17. The molecule has 0 radical (unpaired) electrons. The van der Waals surface area contributed by atoms with E-state index in [4.69, 9.17) is 11.2 Å². The van der Waals surface area contributed by atoms with Crippen LogP contribution in [0.25, 0.3) is 0 Å². The molecule has 0 aliphatic heterocycles. The first-order valence-corrected chi connectivity index (χ1v) is 11.3. The number of rotatable bonds is 10. The third kappa shape index (κ3) is 9.07. The molecule has 0 aromatic heterocycles. The molecule has 2 N–H and O–H groups in total. The fraction of sp³-hybridized carbons (Fsp3) is 0.500. The molecule has 1 aromatic rings. The molecular weight excluding hydrogens is 440 g/mol. The Morgan fingerprint density at radius 2 is 1.88 bits per heavy atom. The summed E-state index contributed by atoms with van der Waals surface area (Å²) in [5, 5.41) is 14.7. The van der Waals surface area contributed by atoms with Gasteiger partial charge in [-0.1, -0.05) is 31.4 Å². The van der Waals surface area contributed by atoms with Crippen LogP contribution < -0.4 is 10.6 Å². The molecular formula is C24H32N4O4S. The number of nitriles is 1. The van der Waals surface area contributed by atoms with E-state index in [1.165, 1.54) is 0 Å². The maximum atomic E-state index is 13.4. The van der Waals surface area contributed by atoms with Gasteiger partial charge >= 0.3 is 6.09 Å². The first-order chi connectivity index (χ1) is 15.6. The second kappa shape index (κ2) is 13.4. The van der Waals surface area contributed by atoms with E-state index in [-0.39, 0.29) is 12.3 Å². The van der Waals surface area contributed by atoms with Crippen molar-refractivity contribution < 1.29 is 19.1 Å². The minimum Gasteiger partial charge on any atom is -0.444 e. The van der Waals surface area contributed by atoms with Crippen LogP contribution in [-0.4, -0.2) is 53.3 Å². The Morgan fingerprint density at radius 1 is 1.24 bits per heavy atom.